The van der Waals surface area contributed by atoms with Crippen molar-refractivity contribution in [3.63, 3.8) is 0 Å². The first kappa shape index (κ1) is 11.6. The summed E-state index contributed by atoms with van der Waals surface area (Å²) >= 11 is 5.89. The Morgan fingerprint density at radius 3 is 2.27 bits per heavy atom. The molecule has 0 N–H and O–H groups in total. The number of rotatable bonds is 2. The number of aromatic nitrogens is 1. The predicted molar refractivity (Wildman–Crippen MR) is 62.6 cm³/mol. The van der Waals surface area contributed by atoms with Gasteiger partial charge in [-0.3, -0.25) is 0 Å². The number of halogens is 1. The van der Waals surface area contributed by atoms with Crippen molar-refractivity contribution < 1.29 is 0 Å². The van der Waals surface area contributed by atoms with E-state index in [0.29, 0.717) is 16.5 Å². The molecule has 0 saturated carbocycles. The minimum atomic E-state index is 0.390. The van der Waals surface area contributed by atoms with E-state index in [1.165, 1.54) is 0 Å². The van der Waals surface area contributed by atoms with Crippen molar-refractivity contribution >= 4 is 23.1 Å². The van der Waals surface area contributed by atoms with Crippen LogP contribution in [-0.4, -0.2) is 33.2 Å². The van der Waals surface area contributed by atoms with Gasteiger partial charge >= 0.3 is 0 Å². The first-order valence-corrected chi connectivity index (χ1v) is 4.80. The van der Waals surface area contributed by atoms with Crippen LogP contribution in [-0.2, 0) is 0 Å². The first-order valence-electron chi connectivity index (χ1n) is 4.42. The van der Waals surface area contributed by atoms with Gasteiger partial charge in [-0.05, 0) is 0 Å². The molecule has 0 unspecified atom stereocenters. The normalized spacial score (nSPS) is 9.60. The Labute approximate surface area is 94.7 Å². The molecule has 5 heteroatoms. The van der Waals surface area contributed by atoms with E-state index in [-0.39, 0.29) is 0 Å². The predicted octanol–water partition coefficient (Wildman–Crippen LogP) is 1.74. The van der Waals surface area contributed by atoms with Gasteiger partial charge in [0.05, 0.1) is 5.69 Å². The first-order chi connectivity index (χ1) is 6.97. The molecule has 0 aliphatic carbocycles. The van der Waals surface area contributed by atoms with E-state index in [0.717, 1.165) is 5.69 Å². The Morgan fingerprint density at radius 1 is 1.27 bits per heavy atom. The van der Waals surface area contributed by atoms with Crippen LogP contribution in [0.5, 0.6) is 0 Å². The molecule has 0 radical (unpaired) electrons. The smallest absolute Gasteiger partial charge is 0.149 e. The fourth-order valence-corrected chi connectivity index (χ4v) is 1.46. The monoisotopic (exact) mass is 224 g/mol. The molecule has 0 spiro atoms. The second-order valence-electron chi connectivity index (χ2n) is 3.56. The zero-order valence-electron chi connectivity index (χ0n) is 9.24. The molecular weight excluding hydrogens is 212 g/mol. The Kier molecular flexibility index (Phi) is 3.38. The number of nitrogens with zero attached hydrogens (tertiary/aromatic N) is 4. The van der Waals surface area contributed by atoms with Gasteiger partial charge in [0.15, 0.2) is 0 Å². The second kappa shape index (κ2) is 4.37. The van der Waals surface area contributed by atoms with E-state index in [2.05, 4.69) is 11.1 Å². The van der Waals surface area contributed by atoms with Crippen molar-refractivity contribution in [2.75, 3.05) is 38.0 Å². The Balaban J connectivity index is 3.47. The zero-order valence-corrected chi connectivity index (χ0v) is 10.0. The average Bonchev–Trinajstić information content (AvgIpc) is 2.16. The summed E-state index contributed by atoms with van der Waals surface area (Å²) in [6.07, 6.45) is 0. The highest BCUT2D eigenvalue weighted by Gasteiger charge is 2.14. The highest BCUT2D eigenvalue weighted by Crippen LogP contribution is 2.28. The van der Waals surface area contributed by atoms with E-state index in [1.807, 2.05) is 33.1 Å². The fraction of sp³-hybridized carbons (Fsp3) is 0.400. The van der Waals surface area contributed by atoms with Crippen LogP contribution in [0.15, 0.2) is 6.07 Å². The lowest BCUT2D eigenvalue weighted by Gasteiger charge is -2.19. The summed E-state index contributed by atoms with van der Waals surface area (Å²) in [5.41, 5.74) is 1.32. The molecule has 1 heterocycles. The molecule has 1 aromatic rings. The summed E-state index contributed by atoms with van der Waals surface area (Å²) in [6, 6.07) is 3.84. The van der Waals surface area contributed by atoms with E-state index >= 15 is 0 Å². The third-order valence-electron chi connectivity index (χ3n) is 1.97. The summed E-state index contributed by atoms with van der Waals surface area (Å²) in [6.45, 7) is 0. The molecule has 0 amide bonds. The molecule has 80 valence electrons. The van der Waals surface area contributed by atoms with Crippen LogP contribution in [0.1, 0.15) is 5.56 Å². The van der Waals surface area contributed by atoms with Crippen LogP contribution >= 0.6 is 11.6 Å². The van der Waals surface area contributed by atoms with Crippen molar-refractivity contribution in [3.8, 4) is 6.07 Å². The van der Waals surface area contributed by atoms with Crippen LogP contribution < -0.4 is 9.80 Å². The molecule has 0 bridgehead atoms. The van der Waals surface area contributed by atoms with E-state index < -0.39 is 0 Å². The molecular formula is C10H13ClN4. The standard InChI is InChI=1S/C10H13ClN4/c1-14(2)8-5-9(11)13-10(15(3)4)7(8)6-12/h5H,1-4H3. The molecule has 0 aliphatic rings. The number of nitriles is 1. The van der Waals surface area contributed by atoms with Crippen molar-refractivity contribution in [3.05, 3.63) is 16.8 Å². The second-order valence-corrected chi connectivity index (χ2v) is 3.95. The third kappa shape index (κ3) is 2.31. The molecule has 1 aromatic heterocycles. The maximum Gasteiger partial charge on any atom is 0.149 e. The quantitative estimate of drug-likeness (QED) is 0.718. The van der Waals surface area contributed by atoms with Gasteiger partial charge in [-0.2, -0.15) is 5.26 Å². The van der Waals surface area contributed by atoms with Crippen LogP contribution in [0.25, 0.3) is 0 Å². The van der Waals surface area contributed by atoms with Gasteiger partial charge in [-0.1, -0.05) is 11.6 Å². The molecule has 4 nitrogen and oxygen atoms in total. The Hall–Kier alpha value is -1.47. The van der Waals surface area contributed by atoms with Crippen molar-refractivity contribution in [1.82, 2.24) is 4.98 Å². The lowest BCUT2D eigenvalue weighted by molar-refractivity contribution is 1.04. The van der Waals surface area contributed by atoms with Crippen LogP contribution in [0.4, 0.5) is 11.5 Å². The molecule has 0 fully saturated rings. The van der Waals surface area contributed by atoms with Crippen LogP contribution in [0.3, 0.4) is 0 Å². The van der Waals surface area contributed by atoms with Gasteiger partial charge in [0, 0.05) is 34.3 Å². The van der Waals surface area contributed by atoms with Crippen molar-refractivity contribution in [2.45, 2.75) is 0 Å². The zero-order chi connectivity index (χ0) is 11.6. The summed E-state index contributed by atoms with van der Waals surface area (Å²) < 4.78 is 0. The largest absolute Gasteiger partial charge is 0.376 e. The summed E-state index contributed by atoms with van der Waals surface area (Å²) in [5.74, 6) is 0.591. The van der Waals surface area contributed by atoms with Gasteiger partial charge in [0.25, 0.3) is 0 Å². The fourth-order valence-electron chi connectivity index (χ4n) is 1.27. The van der Waals surface area contributed by atoms with Crippen molar-refractivity contribution in [1.29, 1.82) is 5.26 Å². The van der Waals surface area contributed by atoms with Gasteiger partial charge < -0.3 is 9.80 Å². The highest BCUT2D eigenvalue weighted by atomic mass is 35.5. The minimum Gasteiger partial charge on any atom is -0.376 e. The summed E-state index contributed by atoms with van der Waals surface area (Å²) in [5, 5.41) is 9.49. The summed E-state index contributed by atoms with van der Waals surface area (Å²) in [7, 11) is 7.40. The maximum atomic E-state index is 9.10. The SMILES string of the molecule is CN(C)c1cc(Cl)nc(N(C)C)c1C#N. The highest BCUT2D eigenvalue weighted by molar-refractivity contribution is 6.29. The molecule has 15 heavy (non-hydrogen) atoms. The minimum absolute atomic E-state index is 0.390. The lowest BCUT2D eigenvalue weighted by atomic mass is 10.2. The molecule has 0 aromatic carbocycles. The number of anilines is 2. The van der Waals surface area contributed by atoms with Gasteiger partial charge in [0.1, 0.15) is 22.6 Å². The van der Waals surface area contributed by atoms with Gasteiger partial charge in [-0.15, -0.1) is 0 Å². The molecule has 1 rings (SSSR count). The topological polar surface area (TPSA) is 43.2 Å². The van der Waals surface area contributed by atoms with E-state index in [1.54, 1.807) is 11.0 Å². The Morgan fingerprint density at radius 2 is 1.87 bits per heavy atom. The third-order valence-corrected chi connectivity index (χ3v) is 2.16. The van der Waals surface area contributed by atoms with Gasteiger partial charge in [-0.25, -0.2) is 4.98 Å². The van der Waals surface area contributed by atoms with Crippen molar-refractivity contribution in [2.24, 2.45) is 0 Å². The Bertz CT molecular complexity index is 377. The number of pyridine rings is 1. The number of hydrogen-bond acceptors (Lipinski definition) is 4. The maximum absolute atomic E-state index is 9.10. The van der Waals surface area contributed by atoms with E-state index in [4.69, 9.17) is 16.9 Å². The van der Waals surface area contributed by atoms with E-state index in [9.17, 15) is 0 Å². The molecule has 0 saturated heterocycles. The molecule has 0 atom stereocenters. The van der Waals surface area contributed by atoms with Crippen LogP contribution in [0.2, 0.25) is 5.15 Å². The van der Waals surface area contributed by atoms with Gasteiger partial charge in [0.2, 0.25) is 0 Å². The average molecular weight is 225 g/mol. The lowest BCUT2D eigenvalue weighted by Crippen LogP contribution is -2.17. The van der Waals surface area contributed by atoms with Crippen LogP contribution in [0, 0.1) is 11.3 Å². The number of hydrogen-bond donors (Lipinski definition) is 0. The molecule has 0 aliphatic heterocycles. The summed E-state index contributed by atoms with van der Waals surface area (Å²) in [4.78, 5) is 7.75.